The van der Waals surface area contributed by atoms with Gasteiger partial charge in [0.15, 0.2) is 0 Å². The van der Waals surface area contributed by atoms with Gasteiger partial charge in [-0.1, -0.05) is 6.58 Å². The van der Waals surface area contributed by atoms with E-state index >= 15 is 0 Å². The molecule has 0 unspecified atom stereocenters. The zero-order valence-corrected chi connectivity index (χ0v) is 10.9. The Kier molecular flexibility index (Phi) is 3.36. The second-order valence-corrected chi connectivity index (χ2v) is 8.77. The molecule has 14 heavy (non-hydrogen) atoms. The lowest BCUT2D eigenvalue weighted by atomic mass is 10.2. The number of allylic oxidation sites excluding steroid dienone is 1. The predicted molar refractivity (Wildman–Crippen MR) is 69.0 cm³/mol. The van der Waals surface area contributed by atoms with Gasteiger partial charge in [-0.2, -0.15) is 0 Å². The van der Waals surface area contributed by atoms with Crippen molar-refractivity contribution in [1.29, 1.82) is 0 Å². The van der Waals surface area contributed by atoms with Crippen molar-refractivity contribution >= 4 is 10.0 Å². The van der Waals surface area contributed by atoms with E-state index in [9.17, 15) is 0 Å². The molecule has 2 heteroatoms. The van der Waals surface area contributed by atoms with Gasteiger partial charge in [-0.3, -0.25) is 0 Å². The van der Waals surface area contributed by atoms with Gasteiger partial charge in [-0.15, -0.1) is 0 Å². The summed E-state index contributed by atoms with van der Waals surface area (Å²) in [7, 11) is 1.61. The summed E-state index contributed by atoms with van der Waals surface area (Å²) in [6.07, 6.45) is 8.30. The molecule has 0 atom stereocenters. The van der Waals surface area contributed by atoms with Gasteiger partial charge in [0, 0.05) is 24.2 Å². The Labute approximate surface area is 90.2 Å². The number of hydrogen-bond donors (Lipinski definition) is 0. The van der Waals surface area contributed by atoms with Crippen LogP contribution in [-0.2, 0) is 0 Å². The van der Waals surface area contributed by atoms with Crippen molar-refractivity contribution in [2.75, 3.05) is 25.3 Å². The standard InChI is InChI=1S/C12H23NS/c1-10(2)13(4)9-12-11(3)7-8-14(12,5)6/h9-10H,3,7-8H2,1-2,4-6H3/b12-9+. The van der Waals surface area contributed by atoms with Gasteiger partial charge in [0.25, 0.3) is 0 Å². The molecule has 0 bridgehead atoms. The monoisotopic (exact) mass is 213 g/mol. The first kappa shape index (κ1) is 11.7. The summed E-state index contributed by atoms with van der Waals surface area (Å²) in [5.74, 6) is 1.32. The smallest absolute Gasteiger partial charge is 0.0224 e. The minimum absolute atomic E-state index is 0.545. The molecule has 0 radical (unpaired) electrons. The fraction of sp³-hybridized carbons (Fsp3) is 0.667. The second kappa shape index (κ2) is 4.01. The average molecular weight is 213 g/mol. The third-order valence-electron chi connectivity index (χ3n) is 2.99. The highest BCUT2D eigenvalue weighted by Crippen LogP contribution is 2.58. The summed E-state index contributed by atoms with van der Waals surface area (Å²) in [4.78, 5) is 3.81. The van der Waals surface area contributed by atoms with Crippen LogP contribution in [0.25, 0.3) is 0 Å². The molecular formula is C12H23NS. The molecule has 0 spiro atoms. The lowest BCUT2D eigenvalue weighted by Crippen LogP contribution is -2.21. The van der Waals surface area contributed by atoms with E-state index in [2.05, 4.69) is 51.1 Å². The molecule has 1 saturated heterocycles. The minimum atomic E-state index is -0.545. The third-order valence-corrected chi connectivity index (χ3v) is 5.80. The van der Waals surface area contributed by atoms with Gasteiger partial charge < -0.3 is 4.90 Å². The van der Waals surface area contributed by atoms with Crippen molar-refractivity contribution in [2.45, 2.75) is 26.3 Å². The van der Waals surface area contributed by atoms with Crippen molar-refractivity contribution < 1.29 is 0 Å². The topological polar surface area (TPSA) is 3.24 Å². The maximum absolute atomic E-state index is 4.17. The maximum atomic E-state index is 4.17. The molecule has 1 rings (SSSR count). The normalized spacial score (nSPS) is 25.9. The van der Waals surface area contributed by atoms with Crippen LogP contribution in [0.1, 0.15) is 20.3 Å². The van der Waals surface area contributed by atoms with Gasteiger partial charge in [0.2, 0.25) is 0 Å². The molecule has 0 aromatic rings. The van der Waals surface area contributed by atoms with Gasteiger partial charge in [0.05, 0.1) is 0 Å². The first-order valence-corrected chi connectivity index (χ1v) is 7.79. The predicted octanol–water partition coefficient (Wildman–Crippen LogP) is 3.19. The Morgan fingerprint density at radius 2 is 2.00 bits per heavy atom. The third kappa shape index (κ3) is 2.35. The summed E-state index contributed by atoms with van der Waals surface area (Å²) in [5, 5.41) is 0. The largest absolute Gasteiger partial charge is 0.377 e. The van der Waals surface area contributed by atoms with E-state index in [4.69, 9.17) is 0 Å². The molecule has 0 aromatic carbocycles. The average Bonchev–Trinajstić information content (AvgIpc) is 2.31. The lowest BCUT2D eigenvalue weighted by molar-refractivity contribution is 0.375. The molecule has 1 aliphatic rings. The van der Waals surface area contributed by atoms with Gasteiger partial charge in [-0.25, -0.2) is 10.0 Å². The van der Waals surface area contributed by atoms with Crippen LogP contribution in [0.4, 0.5) is 0 Å². The molecule has 0 saturated carbocycles. The van der Waals surface area contributed by atoms with E-state index in [0.717, 1.165) is 0 Å². The van der Waals surface area contributed by atoms with Gasteiger partial charge in [0.1, 0.15) is 0 Å². The molecule has 82 valence electrons. The van der Waals surface area contributed by atoms with Crippen molar-refractivity contribution in [3.05, 3.63) is 23.3 Å². The molecule has 0 N–H and O–H groups in total. The first-order valence-electron chi connectivity index (χ1n) is 5.17. The first-order chi connectivity index (χ1) is 6.34. The Morgan fingerprint density at radius 1 is 1.43 bits per heavy atom. The zero-order chi connectivity index (χ0) is 10.9. The van der Waals surface area contributed by atoms with E-state index in [1.165, 1.54) is 22.7 Å². The van der Waals surface area contributed by atoms with Crippen LogP contribution in [-0.4, -0.2) is 36.3 Å². The lowest BCUT2D eigenvalue weighted by Gasteiger charge is -2.29. The van der Waals surface area contributed by atoms with Crippen LogP contribution in [0.15, 0.2) is 23.3 Å². The van der Waals surface area contributed by atoms with Crippen LogP contribution in [0.2, 0.25) is 0 Å². The number of nitrogens with zero attached hydrogens (tertiary/aromatic N) is 1. The maximum Gasteiger partial charge on any atom is 0.0224 e. The van der Waals surface area contributed by atoms with E-state index in [0.29, 0.717) is 6.04 Å². The quantitative estimate of drug-likeness (QED) is 0.681. The van der Waals surface area contributed by atoms with Crippen molar-refractivity contribution in [3.63, 3.8) is 0 Å². The van der Waals surface area contributed by atoms with Gasteiger partial charge in [-0.05, 0) is 44.1 Å². The summed E-state index contributed by atoms with van der Waals surface area (Å²) in [6.45, 7) is 8.61. The Bertz CT molecular complexity index is 263. The van der Waals surface area contributed by atoms with Crippen molar-refractivity contribution in [3.8, 4) is 0 Å². The highest BCUT2D eigenvalue weighted by Gasteiger charge is 2.27. The Hall–Kier alpha value is -0.370. The number of rotatable bonds is 2. The van der Waals surface area contributed by atoms with E-state index < -0.39 is 10.0 Å². The summed E-state index contributed by atoms with van der Waals surface area (Å²) < 4.78 is 0. The van der Waals surface area contributed by atoms with Crippen LogP contribution in [0.3, 0.4) is 0 Å². The fourth-order valence-corrected chi connectivity index (χ4v) is 3.88. The summed E-state index contributed by atoms with van der Waals surface area (Å²) in [5.41, 5.74) is 1.36. The van der Waals surface area contributed by atoms with E-state index in [1.54, 1.807) is 0 Å². The summed E-state index contributed by atoms with van der Waals surface area (Å²) in [6, 6.07) is 0.575. The molecule has 0 amide bonds. The second-order valence-electron chi connectivity index (χ2n) is 4.85. The van der Waals surface area contributed by atoms with Crippen LogP contribution >= 0.6 is 10.0 Å². The zero-order valence-electron chi connectivity index (χ0n) is 10.1. The van der Waals surface area contributed by atoms with Crippen LogP contribution in [0, 0.1) is 0 Å². The molecule has 1 aliphatic heterocycles. The molecular weight excluding hydrogens is 190 g/mol. The molecule has 0 aromatic heterocycles. The fourth-order valence-electron chi connectivity index (χ4n) is 1.57. The van der Waals surface area contributed by atoms with Crippen LogP contribution < -0.4 is 0 Å². The number of hydrogen-bond acceptors (Lipinski definition) is 1. The van der Waals surface area contributed by atoms with Crippen molar-refractivity contribution in [2.24, 2.45) is 0 Å². The Balaban J connectivity index is 2.89. The summed E-state index contributed by atoms with van der Waals surface area (Å²) >= 11 is 0. The SMILES string of the molecule is C=C1CCS(C)(C)/C1=C/N(C)C(C)C. The van der Waals surface area contributed by atoms with Crippen LogP contribution in [0.5, 0.6) is 0 Å². The molecule has 0 aliphatic carbocycles. The minimum Gasteiger partial charge on any atom is -0.377 e. The van der Waals surface area contributed by atoms with E-state index in [-0.39, 0.29) is 0 Å². The molecule has 1 fully saturated rings. The van der Waals surface area contributed by atoms with E-state index in [1.807, 2.05) is 0 Å². The highest BCUT2D eigenvalue weighted by molar-refractivity contribution is 8.36. The van der Waals surface area contributed by atoms with Gasteiger partial charge >= 0.3 is 0 Å². The molecule has 1 heterocycles. The Morgan fingerprint density at radius 3 is 2.36 bits per heavy atom. The highest BCUT2D eigenvalue weighted by atomic mass is 32.3. The molecule has 1 nitrogen and oxygen atoms in total. The van der Waals surface area contributed by atoms with Crippen molar-refractivity contribution in [1.82, 2.24) is 4.90 Å².